The lowest BCUT2D eigenvalue weighted by molar-refractivity contribution is -0.127. The van der Waals surface area contributed by atoms with Crippen molar-refractivity contribution < 1.29 is 19.2 Å². The van der Waals surface area contributed by atoms with E-state index in [-0.39, 0.29) is 17.6 Å². The molecule has 0 radical (unpaired) electrons. The number of amides is 2. The molecule has 204 valence electrons. The Labute approximate surface area is 232 Å². The minimum absolute atomic E-state index is 0.131. The van der Waals surface area contributed by atoms with Gasteiger partial charge in [0.25, 0.3) is 5.91 Å². The van der Waals surface area contributed by atoms with Crippen LogP contribution in [0.5, 0.6) is 5.75 Å². The SMILES string of the molecule is CC(=O)N(Oc1ccc(C(=O)/C=C/C(=O)N2CCC(N3CCN(C)CC3)CC2)cc1)c1nc2ccccc2s1. The maximum absolute atomic E-state index is 12.7. The number of aromatic nitrogens is 1. The number of hydrogen-bond acceptors (Lipinski definition) is 8. The zero-order chi connectivity index (χ0) is 27.4. The number of piperazine rings is 1. The Balaban J connectivity index is 1.14. The summed E-state index contributed by atoms with van der Waals surface area (Å²) in [6, 6.07) is 14.6. The van der Waals surface area contributed by atoms with E-state index in [9.17, 15) is 14.4 Å². The van der Waals surface area contributed by atoms with E-state index in [2.05, 4.69) is 21.8 Å². The van der Waals surface area contributed by atoms with E-state index in [0.717, 1.165) is 54.3 Å². The molecule has 0 atom stereocenters. The van der Waals surface area contributed by atoms with Crippen LogP contribution in [-0.4, -0.2) is 89.6 Å². The molecule has 2 fully saturated rings. The van der Waals surface area contributed by atoms with Gasteiger partial charge in [0.1, 0.15) is 0 Å². The third-order valence-electron chi connectivity index (χ3n) is 7.29. The monoisotopic (exact) mass is 547 g/mol. The highest BCUT2D eigenvalue weighted by Gasteiger charge is 2.28. The fourth-order valence-corrected chi connectivity index (χ4v) is 5.91. The number of likely N-dealkylation sites (tertiary alicyclic amines) is 1. The Bertz CT molecular complexity index is 1320. The molecule has 10 heteroatoms. The summed E-state index contributed by atoms with van der Waals surface area (Å²) in [5, 5.41) is 1.57. The fourth-order valence-electron chi connectivity index (χ4n) is 4.96. The van der Waals surface area contributed by atoms with Gasteiger partial charge in [-0.1, -0.05) is 23.5 Å². The molecular formula is C29H33N5O4S. The molecule has 0 spiro atoms. The third kappa shape index (κ3) is 6.52. The number of likely N-dealkylation sites (N-methyl/N-ethyl adjacent to an activating group) is 1. The summed E-state index contributed by atoms with van der Waals surface area (Å²) in [5.74, 6) is -0.322. The first kappa shape index (κ1) is 27.0. The Kier molecular flexibility index (Phi) is 8.35. The van der Waals surface area contributed by atoms with Crippen molar-refractivity contribution in [3.63, 3.8) is 0 Å². The van der Waals surface area contributed by atoms with E-state index >= 15 is 0 Å². The second kappa shape index (κ2) is 12.1. The van der Waals surface area contributed by atoms with Crippen molar-refractivity contribution in [3.05, 3.63) is 66.2 Å². The molecule has 2 amide bonds. The average molecular weight is 548 g/mol. The van der Waals surface area contributed by atoms with E-state index in [1.54, 1.807) is 24.3 Å². The summed E-state index contributed by atoms with van der Waals surface area (Å²) in [4.78, 5) is 54.7. The van der Waals surface area contributed by atoms with Crippen LogP contribution in [0, 0.1) is 0 Å². The zero-order valence-corrected chi connectivity index (χ0v) is 23.1. The Hall–Kier alpha value is -3.60. The lowest BCUT2D eigenvalue weighted by Crippen LogP contribution is -2.52. The van der Waals surface area contributed by atoms with Gasteiger partial charge < -0.3 is 14.6 Å². The number of piperidine rings is 1. The number of carbonyl (C=O) groups excluding carboxylic acids is 3. The van der Waals surface area contributed by atoms with Gasteiger partial charge in [-0.3, -0.25) is 19.3 Å². The van der Waals surface area contributed by atoms with Crippen molar-refractivity contribution in [2.45, 2.75) is 25.8 Å². The number of fused-ring (bicyclic) bond motifs is 1. The van der Waals surface area contributed by atoms with Crippen LogP contribution in [0.15, 0.2) is 60.7 Å². The van der Waals surface area contributed by atoms with Gasteiger partial charge in [-0.2, -0.15) is 0 Å². The van der Waals surface area contributed by atoms with E-state index in [4.69, 9.17) is 4.84 Å². The van der Waals surface area contributed by atoms with Gasteiger partial charge in [0.2, 0.25) is 11.0 Å². The molecule has 39 heavy (non-hydrogen) atoms. The smallest absolute Gasteiger partial charge is 0.259 e. The van der Waals surface area contributed by atoms with Crippen LogP contribution in [0.1, 0.15) is 30.1 Å². The van der Waals surface area contributed by atoms with Crippen molar-refractivity contribution in [1.82, 2.24) is 19.7 Å². The standard InChI is InChI=1S/C29H33N5O4S/c1-21(35)34(29-30-25-5-3-4-6-27(25)39-29)38-24-9-7-22(8-10-24)26(36)11-12-28(37)33-15-13-23(14-16-33)32-19-17-31(2)18-20-32/h3-12,23H,13-20H2,1-2H3/b12-11+. The zero-order valence-electron chi connectivity index (χ0n) is 22.3. The number of ketones is 1. The van der Waals surface area contributed by atoms with Gasteiger partial charge in [-0.05, 0) is 62.4 Å². The minimum atomic E-state index is -0.316. The number of carbonyl (C=O) groups is 3. The molecule has 0 N–H and O–H groups in total. The van der Waals surface area contributed by atoms with Crippen molar-refractivity contribution >= 4 is 44.3 Å². The van der Waals surface area contributed by atoms with E-state index < -0.39 is 0 Å². The quantitative estimate of drug-likeness (QED) is 0.254. The number of benzene rings is 2. The van der Waals surface area contributed by atoms with Gasteiger partial charge in [0.05, 0.1) is 10.2 Å². The van der Waals surface area contributed by atoms with Gasteiger partial charge >= 0.3 is 0 Å². The van der Waals surface area contributed by atoms with Crippen molar-refractivity contribution in [2.24, 2.45) is 0 Å². The summed E-state index contributed by atoms with van der Waals surface area (Å²) >= 11 is 1.35. The predicted molar refractivity (Wildman–Crippen MR) is 152 cm³/mol. The molecular weight excluding hydrogens is 514 g/mol. The molecule has 0 saturated carbocycles. The van der Waals surface area contributed by atoms with E-state index in [0.29, 0.717) is 35.6 Å². The number of hydroxylamine groups is 1. The Morgan fingerprint density at radius 2 is 1.64 bits per heavy atom. The molecule has 2 aliphatic rings. The lowest BCUT2D eigenvalue weighted by atomic mass is 10.0. The number of rotatable bonds is 7. The Morgan fingerprint density at radius 1 is 0.949 bits per heavy atom. The highest BCUT2D eigenvalue weighted by molar-refractivity contribution is 7.22. The maximum Gasteiger partial charge on any atom is 0.259 e. The molecule has 3 aromatic rings. The fraction of sp³-hybridized carbons (Fsp3) is 0.379. The van der Waals surface area contributed by atoms with Gasteiger partial charge in [0.15, 0.2) is 11.5 Å². The minimum Gasteiger partial charge on any atom is -0.370 e. The highest BCUT2D eigenvalue weighted by atomic mass is 32.1. The van der Waals surface area contributed by atoms with Gasteiger partial charge in [-0.15, -0.1) is 5.06 Å². The van der Waals surface area contributed by atoms with Crippen molar-refractivity contribution in [3.8, 4) is 5.75 Å². The number of nitrogens with zero attached hydrogens (tertiary/aromatic N) is 5. The molecule has 0 aliphatic carbocycles. The first-order chi connectivity index (χ1) is 18.9. The second-order valence-corrected chi connectivity index (χ2v) is 11.0. The number of anilines is 1. The number of allylic oxidation sites excluding steroid dienone is 1. The van der Waals surface area contributed by atoms with Crippen molar-refractivity contribution in [2.75, 3.05) is 51.4 Å². The van der Waals surface area contributed by atoms with Crippen LogP contribution in [0.4, 0.5) is 5.13 Å². The molecule has 5 rings (SSSR count). The molecule has 2 saturated heterocycles. The van der Waals surface area contributed by atoms with Crippen LogP contribution in [0.2, 0.25) is 0 Å². The third-order valence-corrected chi connectivity index (χ3v) is 8.29. The molecule has 9 nitrogen and oxygen atoms in total. The maximum atomic E-state index is 12.7. The molecule has 1 aromatic heterocycles. The number of thiazole rings is 1. The van der Waals surface area contributed by atoms with Crippen LogP contribution < -0.4 is 9.90 Å². The van der Waals surface area contributed by atoms with E-state index in [1.165, 1.54) is 30.4 Å². The van der Waals surface area contributed by atoms with Crippen LogP contribution in [0.25, 0.3) is 10.2 Å². The Morgan fingerprint density at radius 3 is 2.31 bits per heavy atom. The van der Waals surface area contributed by atoms with Crippen LogP contribution in [0.3, 0.4) is 0 Å². The number of para-hydroxylation sites is 1. The van der Waals surface area contributed by atoms with Gasteiger partial charge in [-0.25, -0.2) is 4.98 Å². The summed E-state index contributed by atoms with van der Waals surface area (Å²) < 4.78 is 0.948. The first-order valence-corrected chi connectivity index (χ1v) is 14.1. The topological polar surface area (TPSA) is 86.3 Å². The average Bonchev–Trinajstić information content (AvgIpc) is 3.39. The summed E-state index contributed by atoms with van der Waals surface area (Å²) in [6.07, 6.45) is 4.63. The largest absolute Gasteiger partial charge is 0.370 e. The van der Waals surface area contributed by atoms with Crippen LogP contribution >= 0.6 is 11.3 Å². The van der Waals surface area contributed by atoms with Crippen LogP contribution in [-0.2, 0) is 9.59 Å². The molecule has 2 aliphatic heterocycles. The first-order valence-electron chi connectivity index (χ1n) is 13.3. The van der Waals surface area contributed by atoms with Gasteiger partial charge in [0, 0.05) is 63.9 Å². The second-order valence-electron chi connectivity index (χ2n) is 9.99. The summed E-state index contributed by atoms with van der Waals surface area (Å²) in [6.45, 7) is 7.18. The molecule has 3 heterocycles. The predicted octanol–water partition coefficient (Wildman–Crippen LogP) is 3.62. The summed E-state index contributed by atoms with van der Waals surface area (Å²) in [7, 11) is 2.15. The lowest BCUT2D eigenvalue weighted by Gasteiger charge is -2.41. The highest BCUT2D eigenvalue weighted by Crippen LogP contribution is 2.29. The molecule has 0 unspecified atom stereocenters. The number of hydrogen-bond donors (Lipinski definition) is 0. The normalized spacial score (nSPS) is 17.5. The molecule has 0 bridgehead atoms. The summed E-state index contributed by atoms with van der Waals surface area (Å²) in [5.41, 5.74) is 1.21. The molecule has 2 aromatic carbocycles. The van der Waals surface area contributed by atoms with Crippen molar-refractivity contribution in [1.29, 1.82) is 0 Å². The van der Waals surface area contributed by atoms with E-state index in [1.807, 2.05) is 29.2 Å².